The van der Waals surface area contributed by atoms with Crippen molar-refractivity contribution in [1.82, 2.24) is 15.3 Å². The maximum absolute atomic E-state index is 11.9. The lowest BCUT2D eigenvalue weighted by Gasteiger charge is -2.11. The fraction of sp³-hybridized carbons (Fsp3) is 0.353. The van der Waals surface area contributed by atoms with Crippen molar-refractivity contribution in [3.8, 4) is 5.75 Å². The molecule has 5 nitrogen and oxygen atoms in total. The highest BCUT2D eigenvalue weighted by Crippen LogP contribution is 2.17. The van der Waals surface area contributed by atoms with E-state index >= 15 is 0 Å². The molecule has 116 valence electrons. The van der Waals surface area contributed by atoms with Crippen molar-refractivity contribution in [1.29, 1.82) is 0 Å². The Kier molecular flexibility index (Phi) is 5.89. The molecule has 1 amide bonds. The summed E-state index contributed by atoms with van der Waals surface area (Å²) in [6.07, 6.45) is 6.03. The third kappa shape index (κ3) is 4.84. The summed E-state index contributed by atoms with van der Waals surface area (Å²) in [5.41, 5.74) is 3.00. The number of nitrogens with zero attached hydrogens (tertiary/aromatic N) is 2. The van der Waals surface area contributed by atoms with Crippen molar-refractivity contribution in [2.24, 2.45) is 0 Å². The molecule has 0 aliphatic rings. The smallest absolute Gasteiger partial charge is 0.224 e. The average molecular weight is 299 g/mol. The van der Waals surface area contributed by atoms with Crippen LogP contribution in [-0.2, 0) is 17.8 Å². The van der Waals surface area contributed by atoms with Crippen LogP contribution in [0.5, 0.6) is 5.75 Å². The van der Waals surface area contributed by atoms with Gasteiger partial charge in [0.2, 0.25) is 5.91 Å². The van der Waals surface area contributed by atoms with Gasteiger partial charge in [0.15, 0.2) is 0 Å². The standard InChI is InChI=1S/C17H21N3O2/c1-3-6-22-16-5-4-15(13(2)7-16)11-20-17(21)8-14-9-18-12-19-10-14/h4-5,7,9-10,12H,3,6,8,11H2,1-2H3,(H,20,21). The summed E-state index contributed by atoms with van der Waals surface area (Å²) in [5, 5.41) is 2.92. The highest BCUT2D eigenvalue weighted by Gasteiger charge is 2.06. The van der Waals surface area contributed by atoms with Crippen molar-refractivity contribution in [3.05, 3.63) is 53.6 Å². The van der Waals surface area contributed by atoms with Crippen LogP contribution in [0.25, 0.3) is 0 Å². The minimum atomic E-state index is -0.0412. The molecule has 0 atom stereocenters. The zero-order valence-electron chi connectivity index (χ0n) is 13.0. The minimum Gasteiger partial charge on any atom is -0.494 e. The van der Waals surface area contributed by atoms with Gasteiger partial charge in [-0.05, 0) is 42.2 Å². The van der Waals surface area contributed by atoms with Crippen LogP contribution in [0, 0.1) is 6.92 Å². The lowest BCUT2D eigenvalue weighted by Crippen LogP contribution is -2.25. The van der Waals surface area contributed by atoms with E-state index in [2.05, 4.69) is 22.2 Å². The Balaban J connectivity index is 1.87. The Morgan fingerprint density at radius 1 is 1.27 bits per heavy atom. The third-order valence-corrected chi connectivity index (χ3v) is 3.24. The zero-order valence-corrected chi connectivity index (χ0v) is 13.0. The van der Waals surface area contributed by atoms with E-state index < -0.39 is 0 Å². The topological polar surface area (TPSA) is 64.1 Å². The van der Waals surface area contributed by atoms with Gasteiger partial charge in [-0.2, -0.15) is 0 Å². The zero-order chi connectivity index (χ0) is 15.8. The van der Waals surface area contributed by atoms with Gasteiger partial charge in [0, 0.05) is 18.9 Å². The van der Waals surface area contributed by atoms with Crippen LogP contribution in [0.2, 0.25) is 0 Å². The van der Waals surface area contributed by atoms with Gasteiger partial charge in [-0.15, -0.1) is 0 Å². The first-order valence-electron chi connectivity index (χ1n) is 7.42. The maximum Gasteiger partial charge on any atom is 0.224 e. The summed E-state index contributed by atoms with van der Waals surface area (Å²) >= 11 is 0. The summed E-state index contributed by atoms with van der Waals surface area (Å²) in [7, 11) is 0. The average Bonchev–Trinajstić information content (AvgIpc) is 2.53. The predicted molar refractivity (Wildman–Crippen MR) is 84.5 cm³/mol. The summed E-state index contributed by atoms with van der Waals surface area (Å²) in [6.45, 7) is 5.32. The molecule has 22 heavy (non-hydrogen) atoms. The second-order valence-electron chi connectivity index (χ2n) is 5.14. The van der Waals surface area contributed by atoms with E-state index in [0.29, 0.717) is 13.2 Å². The molecular weight excluding hydrogens is 278 g/mol. The van der Waals surface area contributed by atoms with Gasteiger partial charge in [-0.25, -0.2) is 9.97 Å². The number of ether oxygens (including phenoxy) is 1. The molecule has 0 saturated heterocycles. The van der Waals surface area contributed by atoms with Crippen LogP contribution in [0.1, 0.15) is 30.0 Å². The van der Waals surface area contributed by atoms with E-state index in [-0.39, 0.29) is 12.3 Å². The molecule has 1 aromatic carbocycles. The van der Waals surface area contributed by atoms with Gasteiger partial charge in [-0.3, -0.25) is 4.79 Å². The molecule has 1 aromatic heterocycles. The Bertz CT molecular complexity index is 615. The summed E-state index contributed by atoms with van der Waals surface area (Å²) in [6, 6.07) is 5.93. The normalized spacial score (nSPS) is 10.3. The lowest BCUT2D eigenvalue weighted by molar-refractivity contribution is -0.120. The minimum absolute atomic E-state index is 0.0412. The van der Waals surface area contributed by atoms with Crippen molar-refractivity contribution < 1.29 is 9.53 Å². The fourth-order valence-corrected chi connectivity index (χ4v) is 2.04. The van der Waals surface area contributed by atoms with E-state index in [4.69, 9.17) is 4.74 Å². The predicted octanol–water partition coefficient (Wildman–Crippen LogP) is 2.43. The van der Waals surface area contributed by atoms with Crippen LogP contribution < -0.4 is 10.1 Å². The maximum atomic E-state index is 11.9. The number of hydrogen-bond acceptors (Lipinski definition) is 4. The largest absolute Gasteiger partial charge is 0.494 e. The van der Waals surface area contributed by atoms with Gasteiger partial charge in [0.05, 0.1) is 13.0 Å². The van der Waals surface area contributed by atoms with Gasteiger partial charge in [-0.1, -0.05) is 13.0 Å². The molecule has 0 fully saturated rings. The summed E-state index contributed by atoms with van der Waals surface area (Å²) < 4.78 is 5.59. The summed E-state index contributed by atoms with van der Waals surface area (Å²) in [4.78, 5) is 19.7. The Morgan fingerprint density at radius 3 is 2.73 bits per heavy atom. The first-order chi connectivity index (χ1) is 10.7. The van der Waals surface area contributed by atoms with Crippen LogP contribution in [-0.4, -0.2) is 22.5 Å². The monoisotopic (exact) mass is 299 g/mol. The Hall–Kier alpha value is -2.43. The number of benzene rings is 1. The second-order valence-corrected chi connectivity index (χ2v) is 5.14. The Morgan fingerprint density at radius 2 is 2.05 bits per heavy atom. The molecule has 2 rings (SSSR count). The molecule has 0 spiro atoms. The quantitative estimate of drug-likeness (QED) is 0.853. The first kappa shape index (κ1) is 15.9. The summed E-state index contributed by atoms with van der Waals surface area (Å²) in [5.74, 6) is 0.830. The number of rotatable bonds is 7. The van der Waals surface area contributed by atoms with E-state index in [1.54, 1.807) is 12.4 Å². The van der Waals surface area contributed by atoms with Crippen LogP contribution in [0.4, 0.5) is 0 Å². The van der Waals surface area contributed by atoms with Crippen LogP contribution in [0.3, 0.4) is 0 Å². The molecule has 2 aromatic rings. The molecule has 0 unspecified atom stereocenters. The van der Waals surface area contributed by atoms with Crippen molar-refractivity contribution in [2.45, 2.75) is 33.2 Å². The molecule has 0 bridgehead atoms. The molecule has 1 N–H and O–H groups in total. The van der Waals surface area contributed by atoms with E-state index in [9.17, 15) is 4.79 Å². The number of aromatic nitrogens is 2. The molecule has 0 aliphatic carbocycles. The number of nitrogens with one attached hydrogen (secondary N) is 1. The molecule has 0 saturated carbocycles. The SMILES string of the molecule is CCCOc1ccc(CNC(=O)Cc2cncnc2)c(C)c1. The van der Waals surface area contributed by atoms with E-state index in [1.807, 2.05) is 25.1 Å². The number of hydrogen-bond donors (Lipinski definition) is 1. The van der Waals surface area contributed by atoms with Gasteiger partial charge in [0.1, 0.15) is 12.1 Å². The fourth-order valence-electron chi connectivity index (χ4n) is 2.04. The Labute approximate surface area is 130 Å². The van der Waals surface area contributed by atoms with Crippen molar-refractivity contribution >= 4 is 5.91 Å². The van der Waals surface area contributed by atoms with Gasteiger partial charge >= 0.3 is 0 Å². The molecule has 5 heteroatoms. The number of carbonyl (C=O) groups excluding carboxylic acids is 1. The number of aryl methyl sites for hydroxylation is 1. The second kappa shape index (κ2) is 8.12. The van der Waals surface area contributed by atoms with Crippen LogP contribution in [0.15, 0.2) is 36.9 Å². The molecule has 0 radical (unpaired) electrons. The van der Waals surface area contributed by atoms with Gasteiger partial charge in [0.25, 0.3) is 0 Å². The van der Waals surface area contributed by atoms with E-state index in [1.165, 1.54) is 6.33 Å². The highest BCUT2D eigenvalue weighted by atomic mass is 16.5. The molecule has 1 heterocycles. The van der Waals surface area contributed by atoms with Crippen LogP contribution >= 0.6 is 0 Å². The van der Waals surface area contributed by atoms with E-state index in [0.717, 1.165) is 28.9 Å². The number of carbonyl (C=O) groups is 1. The van der Waals surface area contributed by atoms with Crippen molar-refractivity contribution in [3.63, 3.8) is 0 Å². The highest BCUT2D eigenvalue weighted by molar-refractivity contribution is 5.78. The first-order valence-corrected chi connectivity index (χ1v) is 7.42. The van der Waals surface area contributed by atoms with Gasteiger partial charge < -0.3 is 10.1 Å². The molecule has 0 aliphatic heterocycles. The van der Waals surface area contributed by atoms with Crippen molar-refractivity contribution in [2.75, 3.05) is 6.61 Å². The lowest BCUT2D eigenvalue weighted by atomic mass is 10.1. The third-order valence-electron chi connectivity index (χ3n) is 3.24. The molecular formula is C17H21N3O2. The number of amides is 1.